The molecule has 11 heavy (non-hydrogen) atoms. The average molecular weight is 180 g/mol. The molecule has 0 bridgehead atoms. The van der Waals surface area contributed by atoms with Gasteiger partial charge in [0.15, 0.2) is 0 Å². The molecule has 0 aliphatic rings. The van der Waals surface area contributed by atoms with Gasteiger partial charge in [-0.25, -0.2) is 8.42 Å². The first kappa shape index (κ1) is 10.4. The predicted octanol–water partition coefficient (Wildman–Crippen LogP) is -1.38. The van der Waals surface area contributed by atoms with E-state index in [2.05, 4.69) is 5.32 Å². The molecule has 0 aliphatic carbocycles. The minimum atomic E-state index is -3.24. The number of hydrogen-bond donors (Lipinski definition) is 1. The summed E-state index contributed by atoms with van der Waals surface area (Å²) in [7, 11) is -0.427. The van der Waals surface area contributed by atoms with Crippen LogP contribution in [0.1, 0.15) is 0 Å². The van der Waals surface area contributed by atoms with Crippen LogP contribution in [0.5, 0.6) is 0 Å². The van der Waals surface area contributed by atoms with Gasteiger partial charge in [0.2, 0.25) is 15.9 Å². The first-order chi connectivity index (χ1) is 4.88. The average Bonchev–Trinajstić information content (AvgIpc) is 1.85. The summed E-state index contributed by atoms with van der Waals surface area (Å²) in [5.41, 5.74) is 0. The zero-order valence-corrected chi connectivity index (χ0v) is 7.60. The molecule has 0 unspecified atom stereocenters. The fourth-order valence-electron chi connectivity index (χ4n) is 0.399. The summed E-state index contributed by atoms with van der Waals surface area (Å²) in [6.45, 7) is -0.130. The summed E-state index contributed by atoms with van der Waals surface area (Å²) in [6.07, 6.45) is 1.05. The third kappa shape index (κ3) is 3.94. The molecule has 0 aromatic rings. The maximum absolute atomic E-state index is 10.7. The highest BCUT2D eigenvalue weighted by Crippen LogP contribution is 1.90. The van der Waals surface area contributed by atoms with Crippen LogP contribution in [0.2, 0.25) is 0 Å². The molecule has 5 nitrogen and oxygen atoms in total. The number of sulfonamides is 1. The zero-order chi connectivity index (χ0) is 9.07. The number of likely N-dealkylation sites (N-methyl/N-ethyl adjacent to an activating group) is 2. The number of carbonyl (C=O) groups is 1. The van der Waals surface area contributed by atoms with Gasteiger partial charge in [-0.15, -0.1) is 0 Å². The normalized spacial score (nSPS) is 11.6. The van der Waals surface area contributed by atoms with Crippen LogP contribution in [0.4, 0.5) is 0 Å². The SMILES string of the molecule is CNC(=O)CN(C)S(C)(=O)=O. The second-order valence-electron chi connectivity index (χ2n) is 2.19. The smallest absolute Gasteiger partial charge is 0.235 e. The van der Waals surface area contributed by atoms with Gasteiger partial charge in [-0.2, -0.15) is 4.31 Å². The Balaban J connectivity index is 4.10. The summed E-state index contributed by atoms with van der Waals surface area (Å²) >= 11 is 0. The summed E-state index contributed by atoms with van der Waals surface area (Å²) in [5.74, 6) is -0.321. The Hall–Kier alpha value is -0.620. The molecular formula is C5H12N2O3S. The van der Waals surface area contributed by atoms with Gasteiger partial charge in [-0.05, 0) is 0 Å². The van der Waals surface area contributed by atoms with Gasteiger partial charge < -0.3 is 5.32 Å². The first-order valence-electron chi connectivity index (χ1n) is 3.00. The van der Waals surface area contributed by atoms with E-state index in [9.17, 15) is 13.2 Å². The second kappa shape index (κ2) is 3.68. The monoisotopic (exact) mass is 180 g/mol. The maximum Gasteiger partial charge on any atom is 0.235 e. The van der Waals surface area contributed by atoms with Crippen LogP contribution in [0, 0.1) is 0 Å². The number of hydrogen-bond acceptors (Lipinski definition) is 3. The fourth-order valence-corrected chi connectivity index (χ4v) is 0.750. The number of amides is 1. The third-order valence-electron chi connectivity index (χ3n) is 1.21. The van der Waals surface area contributed by atoms with E-state index >= 15 is 0 Å². The molecule has 66 valence electrons. The molecule has 0 rings (SSSR count). The molecular weight excluding hydrogens is 168 g/mol. The van der Waals surface area contributed by atoms with E-state index in [1.165, 1.54) is 14.1 Å². The van der Waals surface area contributed by atoms with Crippen LogP contribution in [0.25, 0.3) is 0 Å². The van der Waals surface area contributed by atoms with Crippen molar-refractivity contribution in [2.75, 3.05) is 26.9 Å². The summed E-state index contributed by atoms with van der Waals surface area (Å²) in [6, 6.07) is 0. The van der Waals surface area contributed by atoms with Crippen LogP contribution < -0.4 is 5.32 Å². The Bertz CT molecular complexity index is 234. The molecule has 0 aromatic carbocycles. The minimum Gasteiger partial charge on any atom is -0.358 e. The van der Waals surface area contributed by atoms with Crippen molar-refractivity contribution < 1.29 is 13.2 Å². The third-order valence-corrected chi connectivity index (χ3v) is 2.47. The lowest BCUT2D eigenvalue weighted by molar-refractivity contribution is -0.120. The predicted molar refractivity (Wildman–Crippen MR) is 41.5 cm³/mol. The number of carbonyl (C=O) groups excluding carboxylic acids is 1. The van der Waals surface area contributed by atoms with Gasteiger partial charge in [0.05, 0.1) is 12.8 Å². The highest BCUT2D eigenvalue weighted by atomic mass is 32.2. The van der Waals surface area contributed by atoms with Gasteiger partial charge in [-0.3, -0.25) is 4.79 Å². The number of rotatable bonds is 3. The fraction of sp³-hybridized carbons (Fsp3) is 0.800. The molecule has 0 radical (unpaired) electrons. The highest BCUT2D eigenvalue weighted by molar-refractivity contribution is 7.88. The molecule has 0 aromatic heterocycles. The second-order valence-corrected chi connectivity index (χ2v) is 4.28. The molecule has 0 saturated heterocycles. The van der Waals surface area contributed by atoms with Crippen molar-refractivity contribution in [1.82, 2.24) is 9.62 Å². The summed E-state index contributed by atoms with van der Waals surface area (Å²) < 4.78 is 22.4. The van der Waals surface area contributed by atoms with Gasteiger partial charge >= 0.3 is 0 Å². The quantitative estimate of drug-likeness (QED) is 0.582. The Morgan fingerprint density at radius 2 is 2.00 bits per heavy atom. The van der Waals surface area contributed by atoms with E-state index in [4.69, 9.17) is 0 Å². The molecule has 1 N–H and O–H groups in total. The van der Waals surface area contributed by atoms with Crippen LogP contribution in [0.3, 0.4) is 0 Å². The summed E-state index contributed by atoms with van der Waals surface area (Å²) in [4.78, 5) is 10.7. The van der Waals surface area contributed by atoms with Crippen molar-refractivity contribution in [1.29, 1.82) is 0 Å². The number of nitrogens with one attached hydrogen (secondary N) is 1. The van der Waals surface area contributed by atoms with E-state index < -0.39 is 10.0 Å². The van der Waals surface area contributed by atoms with Crippen LogP contribution in [-0.2, 0) is 14.8 Å². The van der Waals surface area contributed by atoms with Crippen LogP contribution in [-0.4, -0.2) is 45.5 Å². The molecule has 0 atom stereocenters. The van der Waals surface area contributed by atoms with E-state index in [0.717, 1.165) is 10.6 Å². The van der Waals surface area contributed by atoms with E-state index in [0.29, 0.717) is 0 Å². The molecule has 0 saturated carbocycles. The molecule has 0 fully saturated rings. The van der Waals surface area contributed by atoms with Gasteiger partial charge in [0.1, 0.15) is 0 Å². The molecule has 6 heteroatoms. The topological polar surface area (TPSA) is 66.5 Å². The van der Waals surface area contributed by atoms with Gasteiger partial charge in [0.25, 0.3) is 0 Å². The van der Waals surface area contributed by atoms with Crippen molar-refractivity contribution in [3.8, 4) is 0 Å². The van der Waals surface area contributed by atoms with E-state index in [1.807, 2.05) is 0 Å². The lowest BCUT2D eigenvalue weighted by Gasteiger charge is -2.11. The van der Waals surface area contributed by atoms with E-state index in [-0.39, 0.29) is 12.5 Å². The van der Waals surface area contributed by atoms with Gasteiger partial charge in [-0.1, -0.05) is 0 Å². The van der Waals surface area contributed by atoms with Crippen LogP contribution in [0.15, 0.2) is 0 Å². The number of nitrogens with zero attached hydrogens (tertiary/aromatic N) is 1. The molecule has 0 spiro atoms. The minimum absolute atomic E-state index is 0.130. The van der Waals surface area contributed by atoms with Crippen LogP contribution >= 0.6 is 0 Å². The standard InChI is InChI=1S/C5H12N2O3S/c1-6-5(8)4-7(2)11(3,9)10/h4H2,1-3H3,(H,6,8). The summed E-state index contributed by atoms with van der Waals surface area (Å²) in [5, 5.41) is 2.32. The molecule has 1 amide bonds. The molecule has 0 heterocycles. The maximum atomic E-state index is 10.7. The Kier molecular flexibility index (Phi) is 3.47. The molecule has 0 aliphatic heterocycles. The van der Waals surface area contributed by atoms with Gasteiger partial charge in [0, 0.05) is 14.1 Å². The zero-order valence-electron chi connectivity index (χ0n) is 6.79. The Morgan fingerprint density at radius 1 is 1.55 bits per heavy atom. The lowest BCUT2D eigenvalue weighted by Crippen LogP contribution is -2.36. The van der Waals surface area contributed by atoms with Crippen molar-refractivity contribution in [2.24, 2.45) is 0 Å². The largest absolute Gasteiger partial charge is 0.358 e. The van der Waals surface area contributed by atoms with Crippen molar-refractivity contribution >= 4 is 15.9 Å². The first-order valence-corrected chi connectivity index (χ1v) is 4.84. The van der Waals surface area contributed by atoms with Crippen molar-refractivity contribution in [3.63, 3.8) is 0 Å². The Labute approximate surface area is 66.4 Å². The Morgan fingerprint density at radius 3 is 2.27 bits per heavy atom. The lowest BCUT2D eigenvalue weighted by atomic mass is 10.6. The van der Waals surface area contributed by atoms with Crippen molar-refractivity contribution in [2.45, 2.75) is 0 Å². The highest BCUT2D eigenvalue weighted by Gasteiger charge is 2.13. The van der Waals surface area contributed by atoms with E-state index in [1.54, 1.807) is 0 Å². The van der Waals surface area contributed by atoms with Crippen molar-refractivity contribution in [3.05, 3.63) is 0 Å².